The van der Waals surface area contributed by atoms with Gasteiger partial charge in [0.15, 0.2) is 0 Å². The van der Waals surface area contributed by atoms with Crippen LogP contribution in [-0.4, -0.2) is 72.4 Å². The summed E-state index contributed by atoms with van der Waals surface area (Å²) < 4.78 is 37.7. The maximum absolute atomic E-state index is 12.9. The van der Waals surface area contributed by atoms with E-state index in [2.05, 4.69) is 34.1 Å². The van der Waals surface area contributed by atoms with Gasteiger partial charge in [0.1, 0.15) is 0 Å². The maximum atomic E-state index is 12.9. The first kappa shape index (κ1) is 24.5. The fourth-order valence-electron chi connectivity index (χ4n) is 4.15. The molecule has 2 aliphatic heterocycles. The number of hydrogen-bond donors (Lipinski definition) is 1. The summed E-state index contributed by atoms with van der Waals surface area (Å²) in [6, 6.07) is 14.2. The van der Waals surface area contributed by atoms with E-state index in [0.29, 0.717) is 12.2 Å². The topological polar surface area (TPSA) is 83.0 Å². The average Bonchev–Trinajstić information content (AvgIpc) is 3.02. The van der Waals surface area contributed by atoms with Gasteiger partial charge in [-0.05, 0) is 37.1 Å². The van der Waals surface area contributed by atoms with Crippen LogP contribution in [0.4, 0.5) is 18.9 Å². The molecule has 178 valence electrons. The zero-order chi connectivity index (χ0) is 23.9. The van der Waals surface area contributed by atoms with Gasteiger partial charge in [0.2, 0.25) is 0 Å². The number of amides is 1. The molecule has 2 saturated heterocycles. The average molecular weight is 465 g/mol. The second-order valence-corrected chi connectivity index (χ2v) is 8.18. The summed E-state index contributed by atoms with van der Waals surface area (Å²) in [7, 11) is 0. The third-order valence-corrected chi connectivity index (χ3v) is 5.66. The van der Waals surface area contributed by atoms with Crippen molar-refractivity contribution in [3.63, 3.8) is 0 Å². The number of nitrogens with zero attached hydrogens (tertiary/aromatic N) is 3. The number of piperidine rings is 1. The number of ether oxygens (including phenoxy) is 1. The van der Waals surface area contributed by atoms with Crippen LogP contribution in [-0.2, 0) is 9.53 Å². The number of carbonyl (C=O) groups is 2. The first-order valence-corrected chi connectivity index (χ1v) is 10.6. The van der Waals surface area contributed by atoms with Gasteiger partial charge in [-0.15, -0.1) is 0 Å². The van der Waals surface area contributed by atoms with E-state index in [1.165, 1.54) is 5.69 Å². The van der Waals surface area contributed by atoms with Gasteiger partial charge in [-0.25, -0.2) is 4.79 Å². The smallest absolute Gasteiger partial charge is 0.475 e. The maximum Gasteiger partial charge on any atom is 0.490 e. The van der Waals surface area contributed by atoms with Crippen molar-refractivity contribution in [1.82, 2.24) is 9.88 Å². The van der Waals surface area contributed by atoms with Gasteiger partial charge >= 0.3 is 12.1 Å². The summed E-state index contributed by atoms with van der Waals surface area (Å²) in [6.07, 6.45) is 0.375. The minimum Gasteiger partial charge on any atom is -0.475 e. The molecule has 0 saturated carbocycles. The summed E-state index contributed by atoms with van der Waals surface area (Å²) in [5, 5.41) is 7.12. The van der Waals surface area contributed by atoms with Gasteiger partial charge in [0, 0.05) is 49.7 Å². The lowest BCUT2D eigenvalue weighted by Crippen LogP contribution is -2.52. The van der Waals surface area contributed by atoms with Crippen molar-refractivity contribution in [2.24, 2.45) is 5.41 Å². The Bertz CT molecular complexity index is 928. The molecule has 4 rings (SSSR count). The molecule has 2 aliphatic rings. The number of alkyl halides is 3. The van der Waals surface area contributed by atoms with E-state index >= 15 is 0 Å². The summed E-state index contributed by atoms with van der Waals surface area (Å²) >= 11 is 0. The predicted molar refractivity (Wildman–Crippen MR) is 115 cm³/mol. The Morgan fingerprint density at radius 1 is 1.06 bits per heavy atom. The molecule has 1 spiro atoms. The number of likely N-dealkylation sites (tertiary alicyclic amines) is 1. The number of hydrogen-bond acceptors (Lipinski definition) is 5. The van der Waals surface area contributed by atoms with Gasteiger partial charge in [0.05, 0.1) is 18.8 Å². The molecule has 1 atom stereocenters. The minimum atomic E-state index is -5.08. The largest absolute Gasteiger partial charge is 0.490 e. The molecule has 1 N–H and O–H groups in total. The molecule has 1 aromatic carbocycles. The third-order valence-electron chi connectivity index (χ3n) is 5.66. The minimum absolute atomic E-state index is 0.0114. The fourth-order valence-corrected chi connectivity index (χ4v) is 4.15. The molecule has 1 aromatic heterocycles. The van der Waals surface area contributed by atoms with Crippen LogP contribution < -0.4 is 4.90 Å². The van der Waals surface area contributed by atoms with Crippen molar-refractivity contribution in [2.45, 2.75) is 19.0 Å². The number of benzene rings is 1. The third kappa shape index (κ3) is 6.67. The van der Waals surface area contributed by atoms with Gasteiger partial charge in [0.25, 0.3) is 5.91 Å². The number of aromatic nitrogens is 1. The SMILES string of the molecule is O=C(O)C(F)(F)F.O=C(c1cccnc1)N1CCCC2(COCCN(c3ccccc3)C2)C1. The van der Waals surface area contributed by atoms with E-state index in [1.807, 2.05) is 23.1 Å². The molecule has 0 radical (unpaired) electrons. The number of rotatable bonds is 2. The van der Waals surface area contributed by atoms with Crippen LogP contribution in [0.25, 0.3) is 0 Å². The van der Waals surface area contributed by atoms with Crippen LogP contribution in [0, 0.1) is 5.41 Å². The van der Waals surface area contributed by atoms with Crippen molar-refractivity contribution >= 4 is 17.6 Å². The highest BCUT2D eigenvalue weighted by atomic mass is 19.4. The Labute approximate surface area is 189 Å². The highest BCUT2D eigenvalue weighted by Crippen LogP contribution is 2.35. The van der Waals surface area contributed by atoms with Gasteiger partial charge in [-0.3, -0.25) is 9.78 Å². The number of carboxylic acid groups (broad SMARTS) is 1. The molecule has 1 unspecified atom stereocenters. The number of para-hydroxylation sites is 1. The van der Waals surface area contributed by atoms with E-state index in [0.717, 1.165) is 45.6 Å². The molecule has 2 fully saturated rings. The molecular formula is C23H26F3N3O4. The van der Waals surface area contributed by atoms with Crippen LogP contribution >= 0.6 is 0 Å². The number of carboxylic acids is 1. The first-order valence-electron chi connectivity index (χ1n) is 10.6. The van der Waals surface area contributed by atoms with Crippen molar-refractivity contribution in [3.8, 4) is 0 Å². The van der Waals surface area contributed by atoms with Gasteiger partial charge in [-0.1, -0.05) is 18.2 Å². The van der Waals surface area contributed by atoms with Crippen LogP contribution in [0.2, 0.25) is 0 Å². The Hall–Kier alpha value is -3.14. The summed E-state index contributed by atoms with van der Waals surface area (Å²) in [6.45, 7) is 4.81. The number of anilines is 1. The van der Waals surface area contributed by atoms with E-state index in [4.69, 9.17) is 14.6 Å². The van der Waals surface area contributed by atoms with E-state index in [9.17, 15) is 18.0 Å². The summed E-state index contributed by atoms with van der Waals surface area (Å²) in [5.41, 5.74) is 1.88. The van der Waals surface area contributed by atoms with E-state index in [-0.39, 0.29) is 11.3 Å². The lowest BCUT2D eigenvalue weighted by Gasteiger charge is -2.44. The molecule has 0 bridgehead atoms. The van der Waals surface area contributed by atoms with Crippen LogP contribution in [0.5, 0.6) is 0 Å². The second kappa shape index (κ2) is 10.7. The zero-order valence-corrected chi connectivity index (χ0v) is 18.0. The highest BCUT2D eigenvalue weighted by molar-refractivity contribution is 5.94. The van der Waals surface area contributed by atoms with Gasteiger partial charge in [-0.2, -0.15) is 13.2 Å². The molecular weight excluding hydrogens is 439 g/mol. The number of carbonyl (C=O) groups excluding carboxylic acids is 1. The Morgan fingerprint density at radius 2 is 1.79 bits per heavy atom. The van der Waals surface area contributed by atoms with Crippen molar-refractivity contribution in [3.05, 3.63) is 60.4 Å². The quantitative estimate of drug-likeness (QED) is 0.732. The van der Waals surface area contributed by atoms with Crippen molar-refractivity contribution < 1.29 is 32.6 Å². The first-order chi connectivity index (χ1) is 15.7. The fraction of sp³-hybridized carbons (Fsp3) is 0.435. The highest BCUT2D eigenvalue weighted by Gasteiger charge is 2.40. The number of aliphatic carboxylic acids is 1. The van der Waals surface area contributed by atoms with Gasteiger partial charge < -0.3 is 19.6 Å². The second-order valence-electron chi connectivity index (χ2n) is 8.18. The molecule has 0 aliphatic carbocycles. The van der Waals surface area contributed by atoms with E-state index < -0.39 is 12.1 Å². The molecule has 10 heteroatoms. The Kier molecular flexibility index (Phi) is 7.91. The lowest BCUT2D eigenvalue weighted by molar-refractivity contribution is -0.192. The molecule has 2 aromatic rings. The van der Waals surface area contributed by atoms with Crippen LogP contribution in [0.1, 0.15) is 23.2 Å². The zero-order valence-electron chi connectivity index (χ0n) is 18.0. The van der Waals surface area contributed by atoms with Crippen molar-refractivity contribution in [1.29, 1.82) is 0 Å². The number of halogens is 3. The summed E-state index contributed by atoms with van der Waals surface area (Å²) in [5.74, 6) is -2.68. The normalized spacial score (nSPS) is 21.1. The number of pyridine rings is 1. The summed E-state index contributed by atoms with van der Waals surface area (Å²) in [4.78, 5) is 30.3. The standard InChI is InChI=1S/C21H25N3O2.C2HF3O2/c25-20(18-6-4-10-22-14-18)24-11-5-9-21(16-24)15-23(12-13-26-17-21)19-7-2-1-3-8-19;3-2(4,5)1(6)7/h1-4,6-8,10,14H,5,9,11-13,15-17H2;(H,6,7). The molecule has 7 nitrogen and oxygen atoms in total. The monoisotopic (exact) mass is 465 g/mol. The molecule has 3 heterocycles. The van der Waals surface area contributed by atoms with Crippen LogP contribution in [0.3, 0.4) is 0 Å². The lowest BCUT2D eigenvalue weighted by atomic mass is 9.79. The van der Waals surface area contributed by atoms with E-state index in [1.54, 1.807) is 12.4 Å². The predicted octanol–water partition coefficient (Wildman–Crippen LogP) is 3.47. The molecule has 33 heavy (non-hydrogen) atoms. The van der Waals surface area contributed by atoms with Crippen LogP contribution in [0.15, 0.2) is 54.9 Å². The Morgan fingerprint density at radius 3 is 2.42 bits per heavy atom. The Balaban J connectivity index is 0.000000383. The van der Waals surface area contributed by atoms with Crippen molar-refractivity contribution in [2.75, 3.05) is 44.3 Å². The molecule has 1 amide bonds.